The maximum atomic E-state index is 5.37. The van der Waals surface area contributed by atoms with E-state index in [-0.39, 0.29) is 0 Å². The van der Waals surface area contributed by atoms with Crippen LogP contribution in [0, 0.1) is 0 Å². The molecule has 0 aliphatic heterocycles. The van der Waals surface area contributed by atoms with Crippen molar-refractivity contribution in [1.29, 1.82) is 0 Å². The molecule has 1 aliphatic rings. The van der Waals surface area contributed by atoms with Crippen molar-refractivity contribution < 1.29 is 9.47 Å². The number of rotatable bonds is 4. The number of benzene rings is 2. The Bertz CT molecular complexity index is 563. The fourth-order valence-electron chi connectivity index (χ4n) is 2.72. The van der Waals surface area contributed by atoms with Crippen LogP contribution in [0.5, 0.6) is 11.5 Å². The first-order valence-electron chi connectivity index (χ1n) is 6.60. The first kappa shape index (κ1) is 12.1. The molecule has 2 aromatic carbocycles. The monoisotopic (exact) mass is 254 g/mol. The van der Waals surface area contributed by atoms with E-state index in [4.69, 9.17) is 9.47 Å². The molecule has 0 saturated heterocycles. The third-order valence-electron chi connectivity index (χ3n) is 3.85. The summed E-state index contributed by atoms with van der Waals surface area (Å²) >= 11 is 0. The zero-order valence-electron chi connectivity index (χ0n) is 11.3. The first-order chi connectivity index (χ1) is 9.33. The zero-order valence-corrected chi connectivity index (χ0v) is 11.3. The molecule has 0 N–H and O–H groups in total. The Balaban J connectivity index is 1.82. The third-order valence-corrected chi connectivity index (χ3v) is 3.85. The van der Waals surface area contributed by atoms with Gasteiger partial charge in [0.25, 0.3) is 0 Å². The topological polar surface area (TPSA) is 18.5 Å². The molecule has 0 amide bonds. The molecule has 19 heavy (non-hydrogen) atoms. The summed E-state index contributed by atoms with van der Waals surface area (Å²) < 4.78 is 10.6. The third kappa shape index (κ3) is 2.30. The predicted octanol–water partition coefficient (Wildman–Crippen LogP) is 3.97. The van der Waals surface area contributed by atoms with Crippen LogP contribution < -0.4 is 9.47 Å². The molecule has 1 aliphatic carbocycles. The van der Waals surface area contributed by atoms with Crippen LogP contribution in [0.15, 0.2) is 48.5 Å². The smallest absolute Gasteiger partial charge is 0.160 e. The molecule has 0 radical (unpaired) electrons. The Morgan fingerprint density at radius 3 is 2.16 bits per heavy atom. The number of methoxy groups -OCH3 is 2. The number of hydrogen-bond donors (Lipinski definition) is 0. The van der Waals surface area contributed by atoms with E-state index in [1.54, 1.807) is 14.2 Å². The molecule has 0 spiro atoms. The van der Waals surface area contributed by atoms with Gasteiger partial charge in [0, 0.05) is 0 Å². The van der Waals surface area contributed by atoms with Gasteiger partial charge in [-0.3, -0.25) is 0 Å². The average Bonchev–Trinajstić information content (AvgIpc) is 3.28. The largest absolute Gasteiger partial charge is 0.493 e. The fraction of sp³-hybridized carbons (Fsp3) is 0.294. The molecule has 2 atom stereocenters. The van der Waals surface area contributed by atoms with E-state index in [0.29, 0.717) is 11.8 Å². The van der Waals surface area contributed by atoms with Crippen LogP contribution in [0.4, 0.5) is 0 Å². The molecule has 98 valence electrons. The maximum Gasteiger partial charge on any atom is 0.160 e. The second kappa shape index (κ2) is 4.96. The summed E-state index contributed by atoms with van der Waals surface area (Å²) in [6.45, 7) is 0. The Labute approximate surface area is 114 Å². The van der Waals surface area contributed by atoms with Crippen molar-refractivity contribution in [2.24, 2.45) is 0 Å². The van der Waals surface area contributed by atoms with E-state index in [1.807, 2.05) is 6.07 Å². The van der Waals surface area contributed by atoms with Gasteiger partial charge < -0.3 is 9.47 Å². The molecule has 0 unspecified atom stereocenters. The van der Waals surface area contributed by atoms with Gasteiger partial charge in [0.15, 0.2) is 11.5 Å². The summed E-state index contributed by atoms with van der Waals surface area (Å²) in [6.07, 6.45) is 1.22. The lowest BCUT2D eigenvalue weighted by Gasteiger charge is -2.09. The van der Waals surface area contributed by atoms with Crippen molar-refractivity contribution in [3.63, 3.8) is 0 Å². The van der Waals surface area contributed by atoms with Gasteiger partial charge in [0.05, 0.1) is 14.2 Å². The van der Waals surface area contributed by atoms with Crippen LogP contribution in [0.3, 0.4) is 0 Å². The van der Waals surface area contributed by atoms with Crippen LogP contribution >= 0.6 is 0 Å². The van der Waals surface area contributed by atoms with Crippen molar-refractivity contribution >= 4 is 0 Å². The first-order valence-corrected chi connectivity index (χ1v) is 6.60. The normalized spacial score (nSPS) is 20.9. The number of ether oxygens (including phenoxy) is 2. The summed E-state index contributed by atoms with van der Waals surface area (Å²) in [7, 11) is 3.35. The fourth-order valence-corrected chi connectivity index (χ4v) is 2.72. The minimum absolute atomic E-state index is 0.613. The second-order valence-corrected chi connectivity index (χ2v) is 4.97. The highest BCUT2D eigenvalue weighted by atomic mass is 16.5. The van der Waals surface area contributed by atoms with Gasteiger partial charge in [-0.05, 0) is 41.5 Å². The number of hydrogen-bond acceptors (Lipinski definition) is 2. The van der Waals surface area contributed by atoms with Gasteiger partial charge in [-0.2, -0.15) is 0 Å². The molecule has 1 fully saturated rings. The molecule has 2 nitrogen and oxygen atoms in total. The van der Waals surface area contributed by atoms with Crippen LogP contribution in [-0.2, 0) is 0 Å². The predicted molar refractivity (Wildman–Crippen MR) is 76.1 cm³/mol. The molecule has 0 heterocycles. The quantitative estimate of drug-likeness (QED) is 0.821. The van der Waals surface area contributed by atoms with E-state index in [2.05, 4.69) is 42.5 Å². The Morgan fingerprint density at radius 2 is 1.47 bits per heavy atom. The van der Waals surface area contributed by atoms with Crippen LogP contribution in [-0.4, -0.2) is 14.2 Å². The van der Waals surface area contributed by atoms with Gasteiger partial charge in [0.1, 0.15) is 0 Å². The van der Waals surface area contributed by atoms with Crippen molar-refractivity contribution in [2.45, 2.75) is 18.3 Å². The van der Waals surface area contributed by atoms with Crippen molar-refractivity contribution in [1.82, 2.24) is 0 Å². The second-order valence-electron chi connectivity index (χ2n) is 4.97. The van der Waals surface area contributed by atoms with E-state index in [9.17, 15) is 0 Å². The molecule has 0 aromatic heterocycles. The highest BCUT2D eigenvalue weighted by Crippen LogP contribution is 2.55. The van der Waals surface area contributed by atoms with Crippen LogP contribution in [0.2, 0.25) is 0 Å². The summed E-state index contributed by atoms with van der Waals surface area (Å²) in [5.41, 5.74) is 2.77. The lowest BCUT2D eigenvalue weighted by Crippen LogP contribution is -1.92. The summed E-state index contributed by atoms with van der Waals surface area (Å²) in [4.78, 5) is 0. The van der Waals surface area contributed by atoms with Gasteiger partial charge in [-0.1, -0.05) is 36.4 Å². The minimum atomic E-state index is 0.613. The minimum Gasteiger partial charge on any atom is -0.493 e. The molecular formula is C17H18O2. The van der Waals surface area contributed by atoms with Gasteiger partial charge >= 0.3 is 0 Å². The lowest BCUT2D eigenvalue weighted by molar-refractivity contribution is 0.354. The molecule has 2 heteroatoms. The van der Waals surface area contributed by atoms with E-state index >= 15 is 0 Å². The molecule has 2 aromatic rings. The lowest BCUT2D eigenvalue weighted by atomic mass is 10.0. The summed E-state index contributed by atoms with van der Waals surface area (Å²) in [6, 6.07) is 17.0. The van der Waals surface area contributed by atoms with E-state index in [1.165, 1.54) is 17.5 Å². The maximum absolute atomic E-state index is 5.37. The summed E-state index contributed by atoms with van der Waals surface area (Å²) in [5.74, 6) is 2.88. The standard InChI is InChI=1S/C17H18O2/c1-18-16-9-8-13(10-17(16)19-2)15-11-14(15)12-6-4-3-5-7-12/h3-10,14-15H,11H2,1-2H3/t14-,15-/m1/s1. The highest BCUT2D eigenvalue weighted by Gasteiger charge is 2.39. The Kier molecular flexibility index (Phi) is 3.16. The average molecular weight is 254 g/mol. The van der Waals surface area contributed by atoms with Gasteiger partial charge in [-0.15, -0.1) is 0 Å². The van der Waals surface area contributed by atoms with Crippen molar-refractivity contribution in [3.05, 3.63) is 59.7 Å². The van der Waals surface area contributed by atoms with Crippen LogP contribution in [0.1, 0.15) is 29.4 Å². The SMILES string of the molecule is COc1ccc([C@H]2C[C@@H]2c2ccccc2)cc1OC. The van der Waals surface area contributed by atoms with Crippen molar-refractivity contribution in [2.75, 3.05) is 14.2 Å². The van der Waals surface area contributed by atoms with Crippen LogP contribution in [0.25, 0.3) is 0 Å². The highest BCUT2D eigenvalue weighted by molar-refractivity contribution is 5.47. The van der Waals surface area contributed by atoms with Gasteiger partial charge in [-0.25, -0.2) is 0 Å². The van der Waals surface area contributed by atoms with E-state index in [0.717, 1.165) is 11.5 Å². The Hall–Kier alpha value is -1.96. The molecule has 1 saturated carbocycles. The molecule has 0 bridgehead atoms. The summed E-state index contributed by atoms with van der Waals surface area (Å²) in [5, 5.41) is 0. The Morgan fingerprint density at radius 1 is 0.789 bits per heavy atom. The van der Waals surface area contributed by atoms with Crippen molar-refractivity contribution in [3.8, 4) is 11.5 Å². The van der Waals surface area contributed by atoms with Gasteiger partial charge in [0.2, 0.25) is 0 Å². The molecular weight excluding hydrogens is 236 g/mol. The van der Waals surface area contributed by atoms with E-state index < -0.39 is 0 Å². The molecule has 3 rings (SSSR count). The zero-order chi connectivity index (χ0) is 13.2.